The minimum Gasteiger partial charge on any atom is -0.372 e. The largest absolute Gasteiger partial charge is 0.372 e. The summed E-state index contributed by atoms with van der Waals surface area (Å²) in [5.41, 5.74) is 3.78. The van der Waals surface area contributed by atoms with Crippen LogP contribution in [0.1, 0.15) is 33.6 Å². The average molecular weight is 337 g/mol. The minimum atomic E-state index is -0.395. The maximum absolute atomic E-state index is 12.0. The highest BCUT2D eigenvalue weighted by atomic mass is 16.2. The summed E-state index contributed by atoms with van der Waals surface area (Å²) in [6.07, 6.45) is 2.58. The summed E-state index contributed by atoms with van der Waals surface area (Å²) in [6, 6.07) is 16.4. The molecule has 4 heteroatoms. The van der Waals surface area contributed by atoms with Crippen molar-refractivity contribution in [2.24, 2.45) is 5.41 Å². The Morgan fingerprint density at radius 2 is 1.32 bits per heavy atom. The maximum atomic E-state index is 12.0. The quantitative estimate of drug-likeness (QED) is 0.824. The standard InChI is InChI=1S/C21H27N3O/c1-21(2,3)20(25)23-18-8-6-16(7-9-18)22-17-10-12-19(13-11-17)24-14-4-5-15-24/h6-13,22H,4-5,14-15H2,1-3H3,(H,23,25). The monoisotopic (exact) mass is 337 g/mol. The van der Waals surface area contributed by atoms with E-state index in [2.05, 4.69) is 39.8 Å². The van der Waals surface area contributed by atoms with E-state index in [1.807, 2.05) is 45.0 Å². The van der Waals surface area contributed by atoms with Gasteiger partial charge in [-0.2, -0.15) is 0 Å². The Hall–Kier alpha value is -2.49. The molecule has 0 saturated carbocycles. The zero-order chi connectivity index (χ0) is 17.9. The lowest BCUT2D eigenvalue weighted by Crippen LogP contribution is -2.27. The molecule has 25 heavy (non-hydrogen) atoms. The van der Waals surface area contributed by atoms with Gasteiger partial charge in [0.25, 0.3) is 0 Å². The van der Waals surface area contributed by atoms with Crippen molar-refractivity contribution in [3.63, 3.8) is 0 Å². The van der Waals surface area contributed by atoms with Crippen LogP contribution in [-0.2, 0) is 4.79 Å². The van der Waals surface area contributed by atoms with E-state index >= 15 is 0 Å². The molecule has 0 unspecified atom stereocenters. The minimum absolute atomic E-state index is 0.0192. The van der Waals surface area contributed by atoms with E-state index in [-0.39, 0.29) is 5.91 Å². The van der Waals surface area contributed by atoms with Gasteiger partial charge in [-0.25, -0.2) is 0 Å². The van der Waals surface area contributed by atoms with Crippen molar-refractivity contribution < 1.29 is 4.79 Å². The molecule has 0 bridgehead atoms. The van der Waals surface area contributed by atoms with Crippen molar-refractivity contribution in [3.8, 4) is 0 Å². The lowest BCUT2D eigenvalue weighted by atomic mass is 9.95. The number of rotatable bonds is 4. The van der Waals surface area contributed by atoms with Gasteiger partial charge in [0.2, 0.25) is 5.91 Å². The van der Waals surface area contributed by atoms with Crippen LogP contribution in [-0.4, -0.2) is 19.0 Å². The van der Waals surface area contributed by atoms with Crippen LogP contribution in [0.5, 0.6) is 0 Å². The molecule has 132 valence electrons. The van der Waals surface area contributed by atoms with Crippen molar-refractivity contribution in [1.29, 1.82) is 0 Å². The molecule has 1 heterocycles. The molecule has 1 aliphatic heterocycles. The third kappa shape index (κ3) is 4.53. The number of nitrogens with zero attached hydrogens (tertiary/aromatic N) is 1. The number of hydrogen-bond donors (Lipinski definition) is 2. The van der Waals surface area contributed by atoms with Crippen LogP contribution in [0.15, 0.2) is 48.5 Å². The number of carbonyl (C=O) groups is 1. The second kappa shape index (κ2) is 7.18. The van der Waals surface area contributed by atoms with Crippen LogP contribution in [0.4, 0.5) is 22.7 Å². The number of hydrogen-bond acceptors (Lipinski definition) is 3. The Balaban J connectivity index is 1.60. The first-order valence-corrected chi connectivity index (χ1v) is 8.95. The van der Waals surface area contributed by atoms with Gasteiger partial charge in [0.15, 0.2) is 0 Å². The van der Waals surface area contributed by atoms with Crippen LogP contribution < -0.4 is 15.5 Å². The van der Waals surface area contributed by atoms with Crippen LogP contribution in [0.25, 0.3) is 0 Å². The normalized spacial score (nSPS) is 14.4. The molecule has 4 nitrogen and oxygen atoms in total. The van der Waals surface area contributed by atoms with Gasteiger partial charge >= 0.3 is 0 Å². The number of benzene rings is 2. The summed E-state index contributed by atoms with van der Waals surface area (Å²) in [5.74, 6) is 0.0192. The Labute approximate surface area is 150 Å². The van der Waals surface area contributed by atoms with Crippen molar-refractivity contribution in [2.45, 2.75) is 33.6 Å². The Morgan fingerprint density at radius 1 is 0.840 bits per heavy atom. The number of anilines is 4. The first-order chi connectivity index (χ1) is 11.9. The van der Waals surface area contributed by atoms with E-state index in [1.54, 1.807) is 0 Å². The van der Waals surface area contributed by atoms with Crippen molar-refractivity contribution in [2.75, 3.05) is 28.6 Å². The fraction of sp³-hybridized carbons (Fsp3) is 0.381. The Morgan fingerprint density at radius 3 is 1.84 bits per heavy atom. The Bertz CT molecular complexity index is 708. The van der Waals surface area contributed by atoms with Crippen LogP contribution >= 0.6 is 0 Å². The molecule has 0 aliphatic carbocycles. The summed E-state index contributed by atoms with van der Waals surface area (Å²) in [4.78, 5) is 14.4. The predicted octanol–water partition coefficient (Wildman–Crippen LogP) is 5.02. The first kappa shape index (κ1) is 17.3. The van der Waals surface area contributed by atoms with Gasteiger partial charge < -0.3 is 15.5 Å². The van der Waals surface area contributed by atoms with Crippen molar-refractivity contribution in [3.05, 3.63) is 48.5 Å². The van der Waals surface area contributed by atoms with Gasteiger partial charge in [0.1, 0.15) is 0 Å². The molecule has 0 atom stereocenters. The van der Waals surface area contributed by atoms with E-state index in [1.165, 1.54) is 18.5 Å². The summed E-state index contributed by atoms with van der Waals surface area (Å²) >= 11 is 0. The highest BCUT2D eigenvalue weighted by molar-refractivity contribution is 5.94. The highest BCUT2D eigenvalue weighted by Crippen LogP contribution is 2.25. The second-order valence-electron chi connectivity index (χ2n) is 7.65. The molecule has 1 saturated heterocycles. The fourth-order valence-electron chi connectivity index (χ4n) is 2.85. The Kier molecular flexibility index (Phi) is 4.98. The summed E-state index contributed by atoms with van der Waals surface area (Å²) in [5, 5.41) is 6.34. The van der Waals surface area contributed by atoms with E-state index in [9.17, 15) is 4.79 Å². The zero-order valence-corrected chi connectivity index (χ0v) is 15.3. The number of amides is 1. The van der Waals surface area contributed by atoms with E-state index in [0.29, 0.717) is 0 Å². The fourth-order valence-corrected chi connectivity index (χ4v) is 2.85. The summed E-state index contributed by atoms with van der Waals surface area (Å²) in [6.45, 7) is 8.04. The van der Waals surface area contributed by atoms with E-state index < -0.39 is 5.41 Å². The average Bonchev–Trinajstić information content (AvgIpc) is 3.11. The third-order valence-corrected chi connectivity index (χ3v) is 4.45. The van der Waals surface area contributed by atoms with Gasteiger partial charge in [0, 0.05) is 41.3 Å². The zero-order valence-electron chi connectivity index (χ0n) is 15.3. The van der Waals surface area contributed by atoms with Gasteiger partial charge in [-0.3, -0.25) is 4.79 Å². The maximum Gasteiger partial charge on any atom is 0.229 e. The molecule has 0 radical (unpaired) electrons. The SMILES string of the molecule is CC(C)(C)C(=O)Nc1ccc(Nc2ccc(N3CCCC3)cc2)cc1. The number of carbonyl (C=O) groups excluding carboxylic acids is 1. The molecule has 3 rings (SSSR count). The van der Waals surface area contributed by atoms with Gasteiger partial charge in [-0.15, -0.1) is 0 Å². The third-order valence-electron chi connectivity index (χ3n) is 4.45. The lowest BCUT2D eigenvalue weighted by molar-refractivity contribution is -0.123. The van der Waals surface area contributed by atoms with Crippen molar-refractivity contribution in [1.82, 2.24) is 0 Å². The van der Waals surface area contributed by atoms with Crippen LogP contribution in [0.2, 0.25) is 0 Å². The molecular formula is C21H27N3O. The predicted molar refractivity (Wildman–Crippen MR) is 106 cm³/mol. The van der Waals surface area contributed by atoms with Crippen molar-refractivity contribution >= 4 is 28.7 Å². The van der Waals surface area contributed by atoms with Gasteiger partial charge in [-0.1, -0.05) is 20.8 Å². The molecule has 1 fully saturated rings. The summed E-state index contributed by atoms with van der Waals surface area (Å²) in [7, 11) is 0. The molecule has 1 amide bonds. The topological polar surface area (TPSA) is 44.4 Å². The van der Waals surface area contributed by atoms with E-state index in [4.69, 9.17) is 0 Å². The molecule has 1 aliphatic rings. The lowest BCUT2D eigenvalue weighted by Gasteiger charge is -2.18. The smallest absolute Gasteiger partial charge is 0.229 e. The molecule has 2 N–H and O–H groups in total. The molecule has 2 aromatic rings. The highest BCUT2D eigenvalue weighted by Gasteiger charge is 2.21. The van der Waals surface area contributed by atoms with E-state index in [0.717, 1.165) is 30.2 Å². The first-order valence-electron chi connectivity index (χ1n) is 8.95. The molecule has 0 spiro atoms. The molecule has 2 aromatic carbocycles. The summed E-state index contributed by atoms with van der Waals surface area (Å²) < 4.78 is 0. The molecule has 0 aromatic heterocycles. The van der Waals surface area contributed by atoms with Gasteiger partial charge in [-0.05, 0) is 61.4 Å². The second-order valence-corrected chi connectivity index (χ2v) is 7.65. The molecular weight excluding hydrogens is 310 g/mol. The van der Waals surface area contributed by atoms with Crippen LogP contribution in [0.3, 0.4) is 0 Å². The van der Waals surface area contributed by atoms with Crippen LogP contribution in [0, 0.1) is 5.41 Å². The van der Waals surface area contributed by atoms with Gasteiger partial charge in [0.05, 0.1) is 0 Å². The number of nitrogens with one attached hydrogen (secondary N) is 2.